The summed E-state index contributed by atoms with van der Waals surface area (Å²) in [5.74, 6) is -0.796. The van der Waals surface area contributed by atoms with Crippen LogP contribution >= 0.6 is 15.9 Å². The van der Waals surface area contributed by atoms with Gasteiger partial charge in [-0.15, -0.1) is 0 Å². The van der Waals surface area contributed by atoms with Crippen molar-refractivity contribution in [1.82, 2.24) is 24.9 Å². The number of nitrogens with zero attached hydrogens (tertiary/aromatic N) is 4. The van der Waals surface area contributed by atoms with Crippen LogP contribution in [0.1, 0.15) is 30.9 Å². The van der Waals surface area contributed by atoms with Gasteiger partial charge < -0.3 is 5.32 Å². The van der Waals surface area contributed by atoms with Crippen molar-refractivity contribution >= 4 is 21.8 Å². The first-order valence-corrected chi connectivity index (χ1v) is 8.52. The van der Waals surface area contributed by atoms with E-state index < -0.39 is 17.8 Å². The Kier molecular flexibility index (Phi) is 5.91. The molecule has 0 radical (unpaired) electrons. The van der Waals surface area contributed by atoms with Gasteiger partial charge in [-0.05, 0) is 35.8 Å². The number of carbonyl (C=O) groups excluding carboxylic acids is 1. The van der Waals surface area contributed by atoms with Crippen LogP contribution in [-0.2, 0) is 30.6 Å². The molecule has 2 aromatic rings. The Morgan fingerprint density at radius 1 is 1.40 bits per heavy atom. The number of amides is 1. The maximum Gasteiger partial charge on any atom is 0.435 e. The summed E-state index contributed by atoms with van der Waals surface area (Å²) in [5, 5.41) is 10.5. The molecule has 6 nitrogen and oxygen atoms in total. The van der Waals surface area contributed by atoms with Crippen molar-refractivity contribution in [2.24, 2.45) is 5.92 Å². The minimum atomic E-state index is -4.49. The van der Waals surface area contributed by atoms with Crippen LogP contribution < -0.4 is 5.32 Å². The Hall–Kier alpha value is -1.84. The van der Waals surface area contributed by atoms with Gasteiger partial charge in [-0.3, -0.25) is 14.2 Å². The minimum absolute atomic E-state index is 0.0714. The SMILES string of the molecule is CCn1ncc(Br)c1CNC(=O)C(C)Cn1nc(C(F)(F)F)cc1C. The van der Waals surface area contributed by atoms with Gasteiger partial charge in [0.1, 0.15) is 0 Å². The van der Waals surface area contributed by atoms with E-state index >= 15 is 0 Å². The Morgan fingerprint density at radius 2 is 2.08 bits per heavy atom. The molecule has 1 atom stereocenters. The molecule has 1 amide bonds. The lowest BCUT2D eigenvalue weighted by molar-refractivity contribution is -0.141. The zero-order valence-corrected chi connectivity index (χ0v) is 15.6. The number of alkyl halides is 3. The molecule has 138 valence electrons. The van der Waals surface area contributed by atoms with E-state index in [0.717, 1.165) is 16.2 Å². The first-order valence-electron chi connectivity index (χ1n) is 7.73. The quantitative estimate of drug-likeness (QED) is 0.778. The van der Waals surface area contributed by atoms with Gasteiger partial charge in [0.05, 0.1) is 35.4 Å². The van der Waals surface area contributed by atoms with Crippen LogP contribution in [0.15, 0.2) is 16.7 Å². The van der Waals surface area contributed by atoms with E-state index in [1.54, 1.807) is 17.8 Å². The summed E-state index contributed by atoms with van der Waals surface area (Å²) < 4.78 is 41.8. The fourth-order valence-electron chi connectivity index (χ4n) is 2.36. The van der Waals surface area contributed by atoms with Crippen LogP contribution in [0, 0.1) is 12.8 Å². The summed E-state index contributed by atoms with van der Waals surface area (Å²) in [5.41, 5.74) is 0.241. The second-order valence-corrected chi connectivity index (χ2v) is 6.58. The van der Waals surface area contributed by atoms with Gasteiger partial charge in [0.15, 0.2) is 5.69 Å². The molecular formula is C15H19BrF3N5O. The topological polar surface area (TPSA) is 64.7 Å². The van der Waals surface area contributed by atoms with Crippen LogP contribution in [0.25, 0.3) is 0 Å². The largest absolute Gasteiger partial charge is 0.435 e. The Bertz CT molecular complexity index is 753. The van der Waals surface area contributed by atoms with Gasteiger partial charge in [-0.25, -0.2) is 0 Å². The van der Waals surface area contributed by atoms with Crippen LogP contribution in [0.4, 0.5) is 13.2 Å². The molecule has 0 bridgehead atoms. The van der Waals surface area contributed by atoms with E-state index in [9.17, 15) is 18.0 Å². The van der Waals surface area contributed by atoms with Gasteiger partial charge in [0, 0.05) is 12.2 Å². The summed E-state index contributed by atoms with van der Waals surface area (Å²) in [4.78, 5) is 12.2. The highest BCUT2D eigenvalue weighted by molar-refractivity contribution is 9.10. The third kappa shape index (κ3) is 4.62. The fraction of sp³-hybridized carbons (Fsp3) is 0.533. The Morgan fingerprint density at radius 3 is 2.64 bits per heavy atom. The molecule has 2 rings (SSSR count). The van der Waals surface area contributed by atoms with Crippen molar-refractivity contribution in [1.29, 1.82) is 0 Å². The molecule has 0 aromatic carbocycles. The number of hydrogen-bond acceptors (Lipinski definition) is 3. The molecule has 0 aliphatic carbocycles. The Balaban J connectivity index is 1.99. The van der Waals surface area contributed by atoms with Crippen LogP contribution in [0.5, 0.6) is 0 Å². The van der Waals surface area contributed by atoms with Gasteiger partial charge in [-0.1, -0.05) is 6.92 Å². The normalized spacial score (nSPS) is 13.1. The lowest BCUT2D eigenvalue weighted by Crippen LogP contribution is -2.32. The molecule has 0 aliphatic heterocycles. The molecule has 0 spiro atoms. The average Bonchev–Trinajstić information content (AvgIpc) is 3.07. The van der Waals surface area contributed by atoms with Gasteiger partial charge in [0.25, 0.3) is 0 Å². The molecule has 0 saturated carbocycles. The summed E-state index contributed by atoms with van der Waals surface area (Å²) in [6, 6.07) is 0.974. The van der Waals surface area contributed by atoms with Crippen LogP contribution in [0.2, 0.25) is 0 Å². The number of aromatic nitrogens is 4. The van der Waals surface area contributed by atoms with Crippen molar-refractivity contribution in [2.75, 3.05) is 0 Å². The average molecular weight is 422 g/mol. The number of rotatable bonds is 6. The highest BCUT2D eigenvalue weighted by Crippen LogP contribution is 2.28. The Labute approximate surface area is 151 Å². The van der Waals surface area contributed by atoms with Crippen molar-refractivity contribution in [2.45, 2.75) is 46.6 Å². The second kappa shape index (κ2) is 7.59. The van der Waals surface area contributed by atoms with Crippen molar-refractivity contribution in [3.8, 4) is 0 Å². The maximum absolute atomic E-state index is 12.7. The van der Waals surface area contributed by atoms with Gasteiger partial charge >= 0.3 is 6.18 Å². The third-order valence-corrected chi connectivity index (χ3v) is 4.46. The third-order valence-electron chi connectivity index (χ3n) is 3.79. The van der Waals surface area contributed by atoms with E-state index in [4.69, 9.17) is 0 Å². The summed E-state index contributed by atoms with van der Waals surface area (Å²) in [7, 11) is 0. The molecule has 1 unspecified atom stereocenters. The zero-order chi connectivity index (χ0) is 18.8. The standard InChI is InChI=1S/C15H19BrF3N5O/c1-4-23-12(11(16)6-21-23)7-20-14(25)9(2)8-24-10(3)5-13(22-24)15(17,18)19/h5-6,9H,4,7-8H2,1-3H3,(H,20,25). The van der Waals surface area contributed by atoms with Crippen molar-refractivity contribution in [3.05, 3.63) is 33.8 Å². The zero-order valence-electron chi connectivity index (χ0n) is 14.1. The number of aryl methyl sites for hydroxylation is 2. The molecule has 0 aliphatic rings. The lowest BCUT2D eigenvalue weighted by atomic mass is 10.1. The molecule has 2 aromatic heterocycles. The molecular weight excluding hydrogens is 403 g/mol. The van der Waals surface area contributed by atoms with E-state index in [2.05, 4.69) is 31.4 Å². The predicted molar refractivity (Wildman–Crippen MR) is 88.6 cm³/mol. The molecule has 25 heavy (non-hydrogen) atoms. The van der Waals surface area contributed by atoms with Gasteiger partial charge in [0.2, 0.25) is 5.91 Å². The molecule has 0 saturated heterocycles. The number of carbonyl (C=O) groups is 1. The minimum Gasteiger partial charge on any atom is -0.350 e. The number of halogens is 4. The summed E-state index contributed by atoms with van der Waals surface area (Å²) in [6.07, 6.45) is -2.84. The highest BCUT2D eigenvalue weighted by Gasteiger charge is 2.34. The van der Waals surface area contributed by atoms with Crippen LogP contribution in [0.3, 0.4) is 0 Å². The maximum atomic E-state index is 12.7. The van der Waals surface area contributed by atoms with Crippen molar-refractivity contribution in [3.63, 3.8) is 0 Å². The number of nitrogens with one attached hydrogen (secondary N) is 1. The summed E-state index contributed by atoms with van der Waals surface area (Å²) in [6.45, 7) is 6.14. The van der Waals surface area contributed by atoms with Crippen LogP contribution in [-0.4, -0.2) is 25.5 Å². The van der Waals surface area contributed by atoms with Crippen molar-refractivity contribution < 1.29 is 18.0 Å². The van der Waals surface area contributed by atoms with E-state index in [1.165, 1.54) is 11.6 Å². The lowest BCUT2D eigenvalue weighted by Gasteiger charge is -2.14. The number of hydrogen-bond donors (Lipinski definition) is 1. The second-order valence-electron chi connectivity index (χ2n) is 5.72. The molecule has 0 fully saturated rings. The van der Waals surface area contributed by atoms with E-state index in [0.29, 0.717) is 12.2 Å². The van der Waals surface area contributed by atoms with Gasteiger partial charge in [-0.2, -0.15) is 23.4 Å². The van der Waals surface area contributed by atoms with E-state index in [1.807, 2.05) is 6.92 Å². The highest BCUT2D eigenvalue weighted by atomic mass is 79.9. The van der Waals surface area contributed by atoms with E-state index in [-0.39, 0.29) is 19.0 Å². The monoisotopic (exact) mass is 421 g/mol. The smallest absolute Gasteiger partial charge is 0.350 e. The molecule has 10 heteroatoms. The summed E-state index contributed by atoms with van der Waals surface area (Å²) >= 11 is 3.37. The molecule has 1 N–H and O–H groups in total. The molecule has 2 heterocycles. The fourth-order valence-corrected chi connectivity index (χ4v) is 2.79. The predicted octanol–water partition coefficient (Wildman–Crippen LogP) is 3.14. The first kappa shape index (κ1) is 19.5. The first-order chi connectivity index (χ1) is 11.6.